The van der Waals surface area contributed by atoms with Crippen LogP contribution in [0.25, 0.3) is 0 Å². The molecule has 18 heavy (non-hydrogen) atoms. The number of ether oxygens (including phenoxy) is 1. The maximum Gasteiger partial charge on any atom is 0.119 e. The van der Waals surface area contributed by atoms with Crippen LogP contribution in [0.4, 0.5) is 0 Å². The normalized spacial score (nSPS) is 9.78. The predicted octanol–water partition coefficient (Wildman–Crippen LogP) is 3.35. The summed E-state index contributed by atoms with van der Waals surface area (Å²) >= 11 is 0. The molecule has 2 rings (SSSR count). The number of nitrogens with zero attached hydrogens (tertiary/aromatic N) is 1. The molecule has 0 aliphatic rings. The van der Waals surface area contributed by atoms with E-state index in [0.29, 0.717) is 0 Å². The molecule has 0 aliphatic carbocycles. The van der Waals surface area contributed by atoms with Crippen molar-refractivity contribution >= 4 is 0 Å². The number of hydrogen-bond acceptors (Lipinski definition) is 2. The van der Waals surface area contributed by atoms with Gasteiger partial charge in [0.05, 0.1) is 18.7 Å². The van der Waals surface area contributed by atoms with Crippen molar-refractivity contribution in [1.82, 2.24) is 0 Å². The van der Waals surface area contributed by atoms with Gasteiger partial charge in [-0.25, -0.2) is 0 Å². The van der Waals surface area contributed by atoms with Crippen molar-refractivity contribution in [3.8, 4) is 11.8 Å². The average Bonchev–Trinajstić information content (AvgIpc) is 2.45. The van der Waals surface area contributed by atoms with Crippen LogP contribution in [0.3, 0.4) is 0 Å². The van der Waals surface area contributed by atoms with E-state index >= 15 is 0 Å². The summed E-state index contributed by atoms with van der Waals surface area (Å²) < 4.78 is 5.20. The molecule has 2 aromatic carbocycles. The van der Waals surface area contributed by atoms with Gasteiger partial charge in [0.1, 0.15) is 5.75 Å². The highest BCUT2D eigenvalue weighted by atomic mass is 16.5. The lowest BCUT2D eigenvalue weighted by Gasteiger charge is -2.06. The summed E-state index contributed by atoms with van der Waals surface area (Å²) in [7, 11) is 1.67. The number of benzene rings is 2. The van der Waals surface area contributed by atoms with Crippen molar-refractivity contribution in [1.29, 1.82) is 5.26 Å². The van der Waals surface area contributed by atoms with Crippen LogP contribution in [0.15, 0.2) is 48.5 Å². The SMILES string of the molecule is COc1cccc(CCc2ccccc2C#N)c1. The number of aryl methyl sites for hydroxylation is 2. The van der Waals surface area contributed by atoms with E-state index in [4.69, 9.17) is 10.00 Å². The van der Waals surface area contributed by atoms with E-state index in [1.807, 2.05) is 42.5 Å². The molecule has 0 saturated heterocycles. The summed E-state index contributed by atoms with van der Waals surface area (Å²) in [5.41, 5.74) is 3.09. The van der Waals surface area contributed by atoms with E-state index in [2.05, 4.69) is 12.1 Å². The van der Waals surface area contributed by atoms with Crippen molar-refractivity contribution in [3.63, 3.8) is 0 Å². The van der Waals surface area contributed by atoms with Crippen LogP contribution < -0.4 is 4.74 Å². The second-order valence-corrected chi connectivity index (χ2v) is 4.12. The molecule has 2 nitrogen and oxygen atoms in total. The molecule has 0 atom stereocenters. The Morgan fingerprint density at radius 2 is 1.89 bits per heavy atom. The van der Waals surface area contributed by atoms with E-state index in [0.717, 1.165) is 29.7 Å². The summed E-state index contributed by atoms with van der Waals surface area (Å²) in [6.07, 6.45) is 1.78. The molecule has 0 radical (unpaired) electrons. The van der Waals surface area contributed by atoms with Gasteiger partial charge in [0.15, 0.2) is 0 Å². The topological polar surface area (TPSA) is 33.0 Å². The second-order valence-electron chi connectivity index (χ2n) is 4.12. The third-order valence-corrected chi connectivity index (χ3v) is 2.95. The van der Waals surface area contributed by atoms with Crippen LogP contribution in [0.5, 0.6) is 5.75 Å². The van der Waals surface area contributed by atoms with Gasteiger partial charge in [0.2, 0.25) is 0 Å². The quantitative estimate of drug-likeness (QED) is 0.817. The molecule has 0 spiro atoms. The van der Waals surface area contributed by atoms with Crippen LogP contribution in [0, 0.1) is 11.3 Å². The van der Waals surface area contributed by atoms with Crippen molar-refractivity contribution < 1.29 is 4.74 Å². The van der Waals surface area contributed by atoms with E-state index in [1.54, 1.807) is 7.11 Å². The first-order valence-electron chi connectivity index (χ1n) is 5.94. The zero-order chi connectivity index (χ0) is 12.8. The number of rotatable bonds is 4. The van der Waals surface area contributed by atoms with Crippen LogP contribution in [0.1, 0.15) is 16.7 Å². The van der Waals surface area contributed by atoms with Gasteiger partial charge in [-0.2, -0.15) is 5.26 Å². The minimum absolute atomic E-state index is 0.764. The first-order valence-corrected chi connectivity index (χ1v) is 5.94. The first-order chi connectivity index (χ1) is 8.83. The Hall–Kier alpha value is -2.27. The van der Waals surface area contributed by atoms with Crippen molar-refractivity contribution in [3.05, 3.63) is 65.2 Å². The Kier molecular flexibility index (Phi) is 3.98. The van der Waals surface area contributed by atoms with Gasteiger partial charge in [-0.3, -0.25) is 0 Å². The van der Waals surface area contributed by atoms with Crippen molar-refractivity contribution in [2.75, 3.05) is 7.11 Å². The fourth-order valence-corrected chi connectivity index (χ4v) is 1.95. The molecule has 0 fully saturated rings. The summed E-state index contributed by atoms with van der Waals surface area (Å²) in [6.45, 7) is 0. The van der Waals surface area contributed by atoms with E-state index in [9.17, 15) is 0 Å². The fraction of sp³-hybridized carbons (Fsp3) is 0.188. The largest absolute Gasteiger partial charge is 0.497 e. The van der Waals surface area contributed by atoms with Crippen LogP contribution >= 0.6 is 0 Å². The van der Waals surface area contributed by atoms with E-state index in [-0.39, 0.29) is 0 Å². The predicted molar refractivity (Wildman–Crippen MR) is 71.6 cm³/mol. The van der Waals surface area contributed by atoms with Gasteiger partial charge in [-0.15, -0.1) is 0 Å². The highest BCUT2D eigenvalue weighted by molar-refractivity contribution is 5.38. The van der Waals surface area contributed by atoms with Gasteiger partial charge in [0.25, 0.3) is 0 Å². The monoisotopic (exact) mass is 237 g/mol. The minimum Gasteiger partial charge on any atom is -0.497 e. The molecule has 0 aromatic heterocycles. The lowest BCUT2D eigenvalue weighted by Crippen LogP contribution is -1.95. The Morgan fingerprint density at radius 1 is 1.06 bits per heavy atom. The molecule has 0 heterocycles. The smallest absolute Gasteiger partial charge is 0.119 e. The van der Waals surface area contributed by atoms with E-state index < -0.39 is 0 Å². The summed E-state index contributed by atoms with van der Waals surface area (Å²) in [5.74, 6) is 0.876. The average molecular weight is 237 g/mol. The van der Waals surface area contributed by atoms with Crippen molar-refractivity contribution in [2.24, 2.45) is 0 Å². The van der Waals surface area contributed by atoms with Crippen LogP contribution in [0.2, 0.25) is 0 Å². The molecule has 0 saturated carbocycles. The summed E-state index contributed by atoms with van der Waals surface area (Å²) in [4.78, 5) is 0. The zero-order valence-electron chi connectivity index (χ0n) is 10.4. The Morgan fingerprint density at radius 3 is 2.67 bits per heavy atom. The molecule has 0 N–H and O–H groups in total. The van der Waals surface area contributed by atoms with Crippen molar-refractivity contribution in [2.45, 2.75) is 12.8 Å². The third-order valence-electron chi connectivity index (χ3n) is 2.95. The molecule has 0 amide bonds. The molecule has 0 aliphatic heterocycles. The van der Waals surface area contributed by atoms with Crippen LogP contribution in [-0.2, 0) is 12.8 Å². The molecule has 0 unspecified atom stereocenters. The number of hydrogen-bond donors (Lipinski definition) is 0. The molecular weight excluding hydrogens is 222 g/mol. The lowest BCUT2D eigenvalue weighted by molar-refractivity contribution is 0.414. The lowest BCUT2D eigenvalue weighted by atomic mass is 10.0. The molecule has 2 aromatic rings. The summed E-state index contributed by atoms with van der Waals surface area (Å²) in [6, 6.07) is 18.0. The molecule has 0 bridgehead atoms. The second kappa shape index (κ2) is 5.88. The Balaban J connectivity index is 2.09. The van der Waals surface area contributed by atoms with Gasteiger partial charge in [-0.05, 0) is 42.2 Å². The van der Waals surface area contributed by atoms with Gasteiger partial charge in [0, 0.05) is 0 Å². The highest BCUT2D eigenvalue weighted by Gasteiger charge is 2.02. The Bertz CT molecular complexity index is 569. The van der Waals surface area contributed by atoms with Crippen LogP contribution in [-0.4, -0.2) is 7.11 Å². The molecular formula is C16H15NO. The maximum absolute atomic E-state index is 9.03. The van der Waals surface area contributed by atoms with E-state index in [1.165, 1.54) is 5.56 Å². The summed E-state index contributed by atoms with van der Waals surface area (Å²) in [5, 5.41) is 9.03. The fourth-order valence-electron chi connectivity index (χ4n) is 1.95. The number of methoxy groups -OCH3 is 1. The minimum atomic E-state index is 0.764. The van der Waals surface area contributed by atoms with Gasteiger partial charge in [-0.1, -0.05) is 30.3 Å². The Labute approximate surface area is 107 Å². The van der Waals surface area contributed by atoms with Gasteiger partial charge < -0.3 is 4.74 Å². The van der Waals surface area contributed by atoms with Gasteiger partial charge >= 0.3 is 0 Å². The highest BCUT2D eigenvalue weighted by Crippen LogP contribution is 2.16. The first kappa shape index (κ1) is 12.2. The number of nitriles is 1. The maximum atomic E-state index is 9.03. The molecule has 90 valence electrons. The zero-order valence-corrected chi connectivity index (χ0v) is 10.4. The molecule has 2 heteroatoms. The third kappa shape index (κ3) is 2.89. The standard InChI is InChI=1S/C16H15NO/c1-18-16-8-4-5-13(11-16)9-10-14-6-2-3-7-15(14)12-17/h2-8,11H,9-10H2,1H3.